The van der Waals surface area contributed by atoms with Crippen LogP contribution in [-0.4, -0.2) is 56.9 Å². The van der Waals surface area contributed by atoms with E-state index in [2.05, 4.69) is 15.2 Å². The third-order valence-corrected chi connectivity index (χ3v) is 8.12. The van der Waals surface area contributed by atoms with Gasteiger partial charge in [-0.15, -0.1) is 11.3 Å². The van der Waals surface area contributed by atoms with Gasteiger partial charge < -0.3 is 14.5 Å². The highest BCUT2D eigenvalue weighted by Crippen LogP contribution is 2.37. The number of esters is 1. The number of ether oxygens (including phenoxy) is 1. The lowest BCUT2D eigenvalue weighted by Gasteiger charge is -2.37. The third-order valence-electron chi connectivity index (χ3n) is 7.11. The molecule has 9 nitrogen and oxygen atoms in total. The molecule has 1 aromatic carbocycles. The van der Waals surface area contributed by atoms with Crippen LogP contribution < -0.4 is 0 Å². The van der Waals surface area contributed by atoms with Crippen LogP contribution in [0.15, 0.2) is 34.8 Å². The molecule has 218 valence electrons. The highest BCUT2D eigenvalue weighted by atomic mass is 32.1. The van der Waals surface area contributed by atoms with Crippen LogP contribution in [-0.2, 0) is 31.9 Å². The summed E-state index contributed by atoms with van der Waals surface area (Å²) in [4.78, 5) is 37.0. The van der Waals surface area contributed by atoms with Crippen molar-refractivity contribution < 1.29 is 41.1 Å². The second-order valence-corrected chi connectivity index (χ2v) is 10.6. The zero-order valence-corrected chi connectivity index (χ0v) is 22.6. The Morgan fingerprint density at radius 2 is 1.95 bits per heavy atom. The summed E-state index contributed by atoms with van der Waals surface area (Å²) < 4.78 is 73.4. The molecule has 0 radical (unpaired) electrons. The molecule has 2 aromatic heterocycles. The molecule has 0 N–H and O–H groups in total. The van der Waals surface area contributed by atoms with Crippen molar-refractivity contribution >= 4 is 28.9 Å². The van der Waals surface area contributed by atoms with Gasteiger partial charge in [-0.1, -0.05) is 11.2 Å². The first-order valence-electron chi connectivity index (χ1n) is 12.6. The number of halogens is 5. The largest absolute Gasteiger partial charge is 0.467 e. The van der Waals surface area contributed by atoms with Crippen LogP contribution in [0.2, 0.25) is 0 Å². The number of amides is 1. The summed E-state index contributed by atoms with van der Waals surface area (Å²) in [6.07, 6.45) is -4.85. The molecule has 0 spiro atoms. The molecule has 1 fully saturated rings. The normalized spacial score (nSPS) is 21.0. The zero-order valence-electron chi connectivity index (χ0n) is 21.8. The van der Waals surface area contributed by atoms with Gasteiger partial charge in [0.05, 0.1) is 23.4 Å². The number of alkyl halides is 3. The summed E-state index contributed by atoms with van der Waals surface area (Å²) in [7, 11) is 1.19. The van der Waals surface area contributed by atoms with Gasteiger partial charge in [0.15, 0.2) is 11.8 Å². The number of carbonyl (C=O) groups is 2. The van der Waals surface area contributed by atoms with Gasteiger partial charge in [0.25, 0.3) is 0 Å². The third kappa shape index (κ3) is 5.80. The molecule has 2 aliphatic rings. The smallest absolute Gasteiger partial charge is 0.435 e. The van der Waals surface area contributed by atoms with Crippen LogP contribution in [0.25, 0.3) is 0 Å². The quantitative estimate of drug-likeness (QED) is 0.300. The lowest BCUT2D eigenvalue weighted by atomic mass is 9.91. The second kappa shape index (κ2) is 11.2. The van der Waals surface area contributed by atoms with Crippen LogP contribution in [0.5, 0.6) is 0 Å². The minimum Gasteiger partial charge on any atom is -0.467 e. The van der Waals surface area contributed by atoms with E-state index < -0.39 is 54.1 Å². The maximum absolute atomic E-state index is 14.2. The first kappa shape index (κ1) is 28.6. The Labute approximate surface area is 234 Å². The van der Waals surface area contributed by atoms with Gasteiger partial charge in [-0.2, -0.15) is 18.3 Å². The predicted molar refractivity (Wildman–Crippen MR) is 135 cm³/mol. The topological polar surface area (TPSA) is 98.9 Å². The fraction of sp³-hybridized carbons (Fsp3) is 0.423. The first-order valence-corrected chi connectivity index (χ1v) is 13.5. The Hall–Kier alpha value is -3.88. The maximum Gasteiger partial charge on any atom is 0.435 e. The number of oxime groups is 1. The van der Waals surface area contributed by atoms with Crippen molar-refractivity contribution in [3.8, 4) is 0 Å². The van der Waals surface area contributed by atoms with Gasteiger partial charge in [-0.25, -0.2) is 18.6 Å². The molecule has 1 amide bonds. The van der Waals surface area contributed by atoms with Crippen LogP contribution in [0.3, 0.4) is 0 Å². The summed E-state index contributed by atoms with van der Waals surface area (Å²) in [5.74, 6) is -2.92. The number of thiazole rings is 1. The number of nitrogens with zero attached hydrogens (tertiary/aromatic N) is 5. The van der Waals surface area contributed by atoms with E-state index in [-0.39, 0.29) is 36.6 Å². The molecule has 5 rings (SSSR count). The van der Waals surface area contributed by atoms with E-state index in [1.165, 1.54) is 36.3 Å². The van der Waals surface area contributed by atoms with E-state index >= 15 is 0 Å². The molecule has 2 aliphatic heterocycles. The summed E-state index contributed by atoms with van der Waals surface area (Å²) in [6, 6.07) is 3.43. The monoisotopic (exact) mass is 597 g/mol. The van der Waals surface area contributed by atoms with E-state index in [1.807, 2.05) is 0 Å². The van der Waals surface area contributed by atoms with Crippen molar-refractivity contribution in [1.82, 2.24) is 19.7 Å². The zero-order chi connectivity index (χ0) is 29.5. The summed E-state index contributed by atoms with van der Waals surface area (Å²) >= 11 is 1.31. The molecular formula is C26H24F5N5O4S. The minimum absolute atomic E-state index is 0.113. The summed E-state index contributed by atoms with van der Waals surface area (Å²) in [5.41, 5.74) is -0.255. The highest BCUT2D eigenvalue weighted by Gasteiger charge is 2.40. The van der Waals surface area contributed by atoms with Crippen molar-refractivity contribution in [1.29, 1.82) is 0 Å². The Kier molecular flexibility index (Phi) is 7.81. The Bertz CT molecular complexity index is 1480. The van der Waals surface area contributed by atoms with Gasteiger partial charge in [0.1, 0.15) is 29.9 Å². The molecule has 0 saturated carbocycles. The molecule has 3 atom stereocenters. The molecule has 15 heteroatoms. The van der Waals surface area contributed by atoms with Gasteiger partial charge in [-0.3, -0.25) is 9.48 Å². The van der Waals surface area contributed by atoms with Crippen molar-refractivity contribution in [2.24, 2.45) is 5.16 Å². The summed E-state index contributed by atoms with van der Waals surface area (Å²) in [5, 5.41) is 9.89. The van der Waals surface area contributed by atoms with Crippen LogP contribution in [0, 0.1) is 18.6 Å². The van der Waals surface area contributed by atoms with Gasteiger partial charge in [-0.05, 0) is 38.0 Å². The Morgan fingerprint density at radius 3 is 2.61 bits per heavy atom. The van der Waals surface area contributed by atoms with Crippen molar-refractivity contribution in [2.75, 3.05) is 13.7 Å². The SMILES string of the molecule is COC(=O)C1CC(c2nc(C3=NOC(c4c(F)cccc4F)C3)cs2)CCN1C(=O)Cn1nc(C(F)(F)F)cc1C. The van der Waals surface area contributed by atoms with Crippen molar-refractivity contribution in [2.45, 2.75) is 57.0 Å². The number of hydrogen-bond acceptors (Lipinski definition) is 8. The van der Waals surface area contributed by atoms with E-state index in [0.29, 0.717) is 22.8 Å². The van der Waals surface area contributed by atoms with Crippen molar-refractivity contribution in [3.63, 3.8) is 0 Å². The van der Waals surface area contributed by atoms with Crippen LogP contribution in [0.1, 0.15) is 58.9 Å². The average molecular weight is 598 g/mol. The number of aryl methyl sites for hydroxylation is 1. The second-order valence-electron chi connectivity index (χ2n) is 9.72. The number of likely N-dealkylation sites (tertiary alicyclic amines) is 1. The van der Waals surface area contributed by atoms with E-state index in [1.54, 1.807) is 5.38 Å². The Balaban J connectivity index is 1.27. The molecule has 0 bridgehead atoms. The number of benzene rings is 1. The van der Waals surface area contributed by atoms with E-state index in [0.717, 1.165) is 22.9 Å². The lowest BCUT2D eigenvalue weighted by Crippen LogP contribution is -2.51. The predicted octanol–water partition coefficient (Wildman–Crippen LogP) is 4.76. The van der Waals surface area contributed by atoms with E-state index in [4.69, 9.17) is 9.57 Å². The number of carbonyl (C=O) groups excluding carboxylic acids is 2. The number of methoxy groups -OCH3 is 1. The first-order chi connectivity index (χ1) is 19.5. The lowest BCUT2D eigenvalue weighted by molar-refractivity contribution is -0.155. The fourth-order valence-electron chi connectivity index (χ4n) is 4.98. The standard InChI is InChI=1S/C26H24F5N5O4S/c1-13-8-21(26(29,30)31)33-36(13)11-22(37)35-7-6-14(9-19(35)25(38)39-2)24-32-18(12-41-24)17-10-20(40-34-17)23-15(27)4-3-5-16(23)28/h3-5,8,12,14,19-20H,6-7,9-11H2,1-2H3. The summed E-state index contributed by atoms with van der Waals surface area (Å²) in [6.45, 7) is 1.09. The minimum atomic E-state index is -4.65. The van der Waals surface area contributed by atoms with E-state index in [9.17, 15) is 31.5 Å². The van der Waals surface area contributed by atoms with Crippen molar-refractivity contribution in [3.05, 3.63) is 68.9 Å². The average Bonchev–Trinajstić information content (AvgIpc) is 3.68. The van der Waals surface area contributed by atoms with Gasteiger partial charge >= 0.3 is 12.1 Å². The molecular weight excluding hydrogens is 573 g/mol. The number of aromatic nitrogens is 3. The molecule has 41 heavy (non-hydrogen) atoms. The number of piperidine rings is 1. The molecule has 0 aliphatic carbocycles. The number of hydrogen-bond donors (Lipinski definition) is 0. The molecule has 3 aromatic rings. The van der Waals surface area contributed by atoms with Gasteiger partial charge in [0, 0.05) is 30.0 Å². The molecule has 1 saturated heterocycles. The highest BCUT2D eigenvalue weighted by molar-refractivity contribution is 7.10. The van der Waals surface area contributed by atoms with Crippen LogP contribution in [0.4, 0.5) is 22.0 Å². The fourth-order valence-corrected chi connectivity index (χ4v) is 5.96. The molecule has 3 unspecified atom stereocenters. The number of rotatable bonds is 6. The Morgan fingerprint density at radius 1 is 1.22 bits per heavy atom. The maximum atomic E-state index is 14.2. The van der Waals surface area contributed by atoms with Gasteiger partial charge in [0.2, 0.25) is 5.91 Å². The molecule has 4 heterocycles. The van der Waals surface area contributed by atoms with Crippen LogP contribution >= 0.6 is 11.3 Å².